The maximum atomic E-state index is 11.8. The molecule has 15 heavy (non-hydrogen) atoms. The summed E-state index contributed by atoms with van der Waals surface area (Å²) in [5, 5.41) is 0. The van der Waals surface area contributed by atoms with Crippen molar-refractivity contribution in [3.05, 3.63) is 0 Å². The van der Waals surface area contributed by atoms with Crippen LogP contribution in [0.25, 0.3) is 0 Å². The Kier molecular flexibility index (Phi) is 4.04. The summed E-state index contributed by atoms with van der Waals surface area (Å²) in [4.78, 5) is 14.0. The lowest BCUT2D eigenvalue weighted by atomic mass is 10.1. The summed E-state index contributed by atoms with van der Waals surface area (Å²) in [7, 11) is 0. The van der Waals surface area contributed by atoms with Gasteiger partial charge in [-0.05, 0) is 26.7 Å². The molecule has 1 aliphatic heterocycles. The van der Waals surface area contributed by atoms with Gasteiger partial charge < -0.3 is 9.64 Å². The van der Waals surface area contributed by atoms with Gasteiger partial charge in [0.25, 0.3) is 0 Å². The predicted octanol–water partition coefficient (Wildman–Crippen LogP) is 3.03. The van der Waals surface area contributed by atoms with Crippen molar-refractivity contribution in [3.63, 3.8) is 0 Å². The van der Waals surface area contributed by atoms with Crippen molar-refractivity contribution >= 4 is 22.0 Å². The molecule has 0 spiro atoms. The van der Waals surface area contributed by atoms with E-state index in [1.807, 2.05) is 20.8 Å². The highest BCUT2D eigenvalue weighted by molar-refractivity contribution is 9.09. The Morgan fingerprint density at radius 1 is 1.47 bits per heavy atom. The summed E-state index contributed by atoms with van der Waals surface area (Å²) in [5.74, 6) is 0.553. The minimum atomic E-state index is -0.400. The lowest BCUT2D eigenvalue weighted by Crippen LogP contribution is -2.35. The van der Waals surface area contributed by atoms with Crippen LogP contribution in [0.3, 0.4) is 0 Å². The van der Waals surface area contributed by atoms with Crippen molar-refractivity contribution in [2.24, 2.45) is 5.92 Å². The molecule has 0 aromatic heterocycles. The second-order valence-corrected chi connectivity index (χ2v) is 6.25. The minimum Gasteiger partial charge on any atom is -0.444 e. The first-order valence-corrected chi connectivity index (χ1v) is 6.37. The molecule has 1 fully saturated rings. The number of hydrogen-bond donors (Lipinski definition) is 0. The van der Waals surface area contributed by atoms with E-state index in [9.17, 15) is 4.79 Å². The van der Waals surface area contributed by atoms with Gasteiger partial charge in [0.1, 0.15) is 5.60 Å². The number of hydrogen-bond acceptors (Lipinski definition) is 2. The molecule has 0 aromatic rings. The van der Waals surface area contributed by atoms with Gasteiger partial charge in [0.2, 0.25) is 0 Å². The van der Waals surface area contributed by atoms with Crippen LogP contribution in [0, 0.1) is 5.92 Å². The highest BCUT2D eigenvalue weighted by atomic mass is 79.9. The largest absolute Gasteiger partial charge is 0.444 e. The van der Waals surface area contributed by atoms with Gasteiger partial charge in [0.05, 0.1) is 0 Å². The third-order valence-corrected chi connectivity index (χ3v) is 3.57. The first-order chi connectivity index (χ1) is 6.83. The summed E-state index contributed by atoms with van der Waals surface area (Å²) in [6.45, 7) is 9.39. The number of likely N-dealkylation sites (tertiary alicyclic amines) is 1. The lowest BCUT2D eigenvalue weighted by Gasteiger charge is -2.24. The topological polar surface area (TPSA) is 29.5 Å². The van der Waals surface area contributed by atoms with Gasteiger partial charge in [-0.25, -0.2) is 4.79 Å². The number of alkyl halides is 1. The number of nitrogens with zero attached hydrogens (tertiary/aromatic N) is 1. The smallest absolute Gasteiger partial charge is 0.410 e. The van der Waals surface area contributed by atoms with E-state index < -0.39 is 5.60 Å². The van der Waals surface area contributed by atoms with E-state index >= 15 is 0 Å². The van der Waals surface area contributed by atoms with Crippen LogP contribution < -0.4 is 0 Å². The fourth-order valence-corrected chi connectivity index (χ4v) is 2.58. The molecule has 2 atom stereocenters. The molecule has 0 saturated carbocycles. The van der Waals surface area contributed by atoms with Gasteiger partial charge >= 0.3 is 6.09 Å². The summed E-state index contributed by atoms with van der Waals surface area (Å²) < 4.78 is 5.33. The molecule has 0 aromatic carbocycles. The zero-order valence-corrected chi connectivity index (χ0v) is 11.5. The van der Waals surface area contributed by atoms with E-state index in [0.717, 1.165) is 19.5 Å². The molecule has 1 amide bonds. The molecule has 1 aliphatic rings. The van der Waals surface area contributed by atoms with Crippen LogP contribution in [0.2, 0.25) is 0 Å². The summed E-state index contributed by atoms with van der Waals surface area (Å²) >= 11 is 3.60. The molecule has 1 heterocycles. The molecular weight excluding hydrogens is 258 g/mol. The fourth-order valence-electron chi connectivity index (χ4n) is 1.69. The number of halogens is 1. The van der Waals surface area contributed by atoms with E-state index in [2.05, 4.69) is 22.9 Å². The second-order valence-electron chi connectivity index (χ2n) is 5.07. The summed E-state index contributed by atoms with van der Waals surface area (Å²) in [5.41, 5.74) is -0.400. The van der Waals surface area contributed by atoms with Gasteiger partial charge in [-0.1, -0.05) is 29.3 Å². The van der Waals surface area contributed by atoms with E-state index in [1.165, 1.54) is 0 Å². The Morgan fingerprint density at radius 3 is 2.47 bits per heavy atom. The number of ether oxygens (including phenoxy) is 1. The van der Waals surface area contributed by atoms with Crippen molar-refractivity contribution < 1.29 is 9.53 Å². The molecule has 4 heteroatoms. The molecule has 0 unspecified atom stereocenters. The average molecular weight is 278 g/mol. The van der Waals surface area contributed by atoms with Crippen molar-refractivity contribution in [2.45, 2.75) is 44.5 Å². The molecule has 0 N–H and O–H groups in total. The fraction of sp³-hybridized carbons (Fsp3) is 0.909. The highest BCUT2D eigenvalue weighted by Crippen LogP contribution is 2.27. The third-order valence-electron chi connectivity index (χ3n) is 2.54. The van der Waals surface area contributed by atoms with Crippen LogP contribution in [0.4, 0.5) is 4.79 Å². The van der Waals surface area contributed by atoms with Crippen LogP contribution in [-0.2, 0) is 4.74 Å². The van der Waals surface area contributed by atoms with Crippen molar-refractivity contribution in [2.75, 3.05) is 13.1 Å². The van der Waals surface area contributed by atoms with Crippen molar-refractivity contribution in [1.82, 2.24) is 4.90 Å². The Balaban J connectivity index is 2.50. The zero-order valence-electron chi connectivity index (χ0n) is 9.92. The van der Waals surface area contributed by atoms with Gasteiger partial charge in [-0.3, -0.25) is 0 Å². The lowest BCUT2D eigenvalue weighted by molar-refractivity contribution is 0.0288. The zero-order chi connectivity index (χ0) is 11.6. The maximum Gasteiger partial charge on any atom is 0.410 e. The number of rotatable bonds is 1. The molecule has 0 radical (unpaired) electrons. The predicted molar refractivity (Wildman–Crippen MR) is 64.3 cm³/mol. The Hall–Kier alpha value is -0.250. The van der Waals surface area contributed by atoms with Crippen LogP contribution >= 0.6 is 15.9 Å². The quantitative estimate of drug-likeness (QED) is 0.690. The molecule has 0 aliphatic carbocycles. The summed E-state index contributed by atoms with van der Waals surface area (Å²) in [6, 6.07) is 0. The SMILES string of the molecule is CC[C@@H]1CN(C(=O)OC(C)(C)C)C[C@@H]1Br. The molecule has 1 rings (SSSR count). The van der Waals surface area contributed by atoms with Gasteiger partial charge in [0.15, 0.2) is 0 Å². The number of amides is 1. The minimum absolute atomic E-state index is 0.192. The van der Waals surface area contributed by atoms with E-state index in [0.29, 0.717) is 10.7 Å². The Bertz CT molecular complexity index is 237. The number of carbonyl (C=O) groups is 1. The number of carbonyl (C=O) groups excluding carboxylic acids is 1. The van der Waals surface area contributed by atoms with E-state index in [4.69, 9.17) is 4.74 Å². The van der Waals surface area contributed by atoms with E-state index in [-0.39, 0.29) is 6.09 Å². The van der Waals surface area contributed by atoms with Gasteiger partial charge in [-0.2, -0.15) is 0 Å². The van der Waals surface area contributed by atoms with Crippen LogP contribution in [0.5, 0.6) is 0 Å². The molecule has 3 nitrogen and oxygen atoms in total. The maximum absolute atomic E-state index is 11.8. The third kappa shape index (κ3) is 3.67. The first-order valence-electron chi connectivity index (χ1n) is 5.45. The van der Waals surface area contributed by atoms with Gasteiger partial charge in [0, 0.05) is 17.9 Å². The van der Waals surface area contributed by atoms with Crippen LogP contribution in [0.15, 0.2) is 0 Å². The molecular formula is C11H20BrNO2. The standard InChI is InChI=1S/C11H20BrNO2/c1-5-8-6-13(7-9(8)12)10(14)15-11(2,3)4/h8-9H,5-7H2,1-4H3/t8-,9+/m1/s1. The van der Waals surface area contributed by atoms with Gasteiger partial charge in [-0.15, -0.1) is 0 Å². The molecule has 88 valence electrons. The molecule has 0 bridgehead atoms. The van der Waals surface area contributed by atoms with E-state index in [1.54, 1.807) is 4.90 Å². The van der Waals surface area contributed by atoms with Crippen molar-refractivity contribution in [3.8, 4) is 0 Å². The highest BCUT2D eigenvalue weighted by Gasteiger charge is 2.34. The first kappa shape index (κ1) is 12.8. The Labute approximate surface area is 100 Å². The van der Waals surface area contributed by atoms with Crippen LogP contribution in [0.1, 0.15) is 34.1 Å². The van der Waals surface area contributed by atoms with Crippen molar-refractivity contribution in [1.29, 1.82) is 0 Å². The second kappa shape index (κ2) is 4.73. The molecule has 1 saturated heterocycles. The average Bonchev–Trinajstić information content (AvgIpc) is 2.43. The monoisotopic (exact) mass is 277 g/mol. The normalized spacial score (nSPS) is 26.9. The Morgan fingerprint density at radius 2 is 2.07 bits per heavy atom. The summed E-state index contributed by atoms with van der Waals surface area (Å²) in [6.07, 6.45) is 0.901. The van der Waals surface area contributed by atoms with Crippen LogP contribution in [-0.4, -0.2) is 34.5 Å².